The minimum atomic E-state index is -0.492. The van der Waals surface area contributed by atoms with Gasteiger partial charge in [-0.3, -0.25) is 0 Å². The minimum absolute atomic E-state index is 0.345. The molecule has 0 N–H and O–H groups in total. The third kappa shape index (κ3) is 4.59. The van der Waals surface area contributed by atoms with Crippen molar-refractivity contribution >= 4 is 34.7 Å². The van der Waals surface area contributed by atoms with E-state index in [1.807, 2.05) is 86.3 Å². The summed E-state index contributed by atoms with van der Waals surface area (Å²) in [6.07, 6.45) is 0. The first kappa shape index (κ1) is 22.9. The third-order valence-corrected chi connectivity index (χ3v) is 5.49. The van der Waals surface area contributed by atoms with Crippen molar-refractivity contribution in [3.05, 3.63) is 82.9 Å². The molecule has 0 saturated carbocycles. The number of hydrogen-bond acceptors (Lipinski definition) is 6. The van der Waals surface area contributed by atoms with Crippen molar-refractivity contribution in [3.8, 4) is 0 Å². The molecule has 0 heterocycles. The molecule has 0 aliphatic carbocycles. The van der Waals surface area contributed by atoms with Crippen LogP contribution in [-0.4, -0.2) is 40.3 Å². The Hall–Kier alpha value is -3.80. The van der Waals surface area contributed by atoms with Gasteiger partial charge < -0.3 is 19.3 Å². The van der Waals surface area contributed by atoms with Crippen molar-refractivity contribution in [1.29, 1.82) is 0 Å². The number of methoxy groups -OCH3 is 2. The number of esters is 2. The molecule has 6 nitrogen and oxygen atoms in total. The molecule has 0 atom stereocenters. The van der Waals surface area contributed by atoms with Gasteiger partial charge in [0.25, 0.3) is 0 Å². The Morgan fingerprint density at radius 1 is 0.625 bits per heavy atom. The lowest BCUT2D eigenvalue weighted by Crippen LogP contribution is -2.20. The van der Waals surface area contributed by atoms with E-state index in [9.17, 15) is 9.59 Å². The average Bonchev–Trinajstić information content (AvgIpc) is 2.82. The molecule has 0 saturated heterocycles. The molecule has 3 aromatic carbocycles. The monoisotopic (exact) mass is 432 g/mol. The second-order valence-electron chi connectivity index (χ2n) is 7.66. The maximum Gasteiger partial charge on any atom is 0.340 e. The summed E-state index contributed by atoms with van der Waals surface area (Å²) >= 11 is 0. The van der Waals surface area contributed by atoms with Crippen LogP contribution in [0.3, 0.4) is 0 Å². The molecule has 0 aliphatic heterocycles. The van der Waals surface area contributed by atoms with Crippen LogP contribution in [0.1, 0.15) is 31.8 Å². The zero-order chi connectivity index (χ0) is 23.4. The number of carbonyl (C=O) groups is 2. The van der Waals surface area contributed by atoms with Gasteiger partial charge in [-0.25, -0.2) is 9.59 Å². The smallest absolute Gasteiger partial charge is 0.340 e. The first-order valence-corrected chi connectivity index (χ1v) is 10.2. The molecule has 0 aromatic heterocycles. The summed E-state index contributed by atoms with van der Waals surface area (Å²) in [5.41, 5.74) is 5.77. The van der Waals surface area contributed by atoms with Crippen molar-refractivity contribution in [3.63, 3.8) is 0 Å². The first-order valence-electron chi connectivity index (χ1n) is 10.2. The lowest BCUT2D eigenvalue weighted by Gasteiger charge is -2.27. The summed E-state index contributed by atoms with van der Waals surface area (Å²) in [6, 6.07) is 19.2. The Labute approximate surface area is 189 Å². The second-order valence-corrected chi connectivity index (χ2v) is 7.66. The van der Waals surface area contributed by atoms with Gasteiger partial charge in [-0.05, 0) is 50.2 Å². The van der Waals surface area contributed by atoms with Crippen LogP contribution >= 0.6 is 0 Å². The molecular weight excluding hydrogens is 404 g/mol. The Bertz CT molecular complexity index is 1030. The molecule has 6 heteroatoms. The number of ether oxygens (including phenoxy) is 2. The van der Waals surface area contributed by atoms with Gasteiger partial charge in [0.05, 0.1) is 36.7 Å². The normalized spacial score (nSPS) is 10.4. The molecule has 32 heavy (non-hydrogen) atoms. The van der Waals surface area contributed by atoms with E-state index in [0.29, 0.717) is 22.5 Å². The van der Waals surface area contributed by atoms with Gasteiger partial charge >= 0.3 is 11.9 Å². The highest BCUT2D eigenvalue weighted by molar-refractivity contribution is 6.04. The van der Waals surface area contributed by atoms with Gasteiger partial charge in [0.1, 0.15) is 0 Å². The summed E-state index contributed by atoms with van der Waals surface area (Å²) in [4.78, 5) is 29.2. The van der Waals surface area contributed by atoms with Crippen molar-refractivity contribution in [2.45, 2.75) is 13.8 Å². The van der Waals surface area contributed by atoms with Crippen molar-refractivity contribution < 1.29 is 19.1 Å². The fraction of sp³-hybridized carbons (Fsp3) is 0.231. The van der Waals surface area contributed by atoms with Crippen LogP contribution in [0.5, 0.6) is 0 Å². The van der Waals surface area contributed by atoms with Crippen molar-refractivity contribution in [1.82, 2.24) is 0 Å². The number of carbonyl (C=O) groups excluding carboxylic acids is 2. The summed E-state index contributed by atoms with van der Waals surface area (Å²) in [6.45, 7) is 4.02. The third-order valence-electron chi connectivity index (χ3n) is 5.49. The molecule has 3 aromatic rings. The zero-order valence-electron chi connectivity index (χ0n) is 19.3. The molecular formula is C26H28N2O4. The largest absolute Gasteiger partial charge is 0.465 e. The van der Waals surface area contributed by atoms with E-state index in [0.717, 1.165) is 22.5 Å². The molecule has 0 fully saturated rings. The highest BCUT2D eigenvalue weighted by Crippen LogP contribution is 2.36. The van der Waals surface area contributed by atoms with Gasteiger partial charge in [0.2, 0.25) is 0 Å². The number of aryl methyl sites for hydroxylation is 2. The quantitative estimate of drug-likeness (QED) is 0.485. The highest BCUT2D eigenvalue weighted by Gasteiger charge is 2.25. The van der Waals surface area contributed by atoms with Gasteiger partial charge in [0.15, 0.2) is 0 Å². The van der Waals surface area contributed by atoms with E-state index in [-0.39, 0.29) is 0 Å². The Morgan fingerprint density at radius 2 is 0.938 bits per heavy atom. The predicted octanol–water partition coefficient (Wildman–Crippen LogP) is 5.41. The molecule has 0 aliphatic rings. The zero-order valence-corrected chi connectivity index (χ0v) is 19.3. The van der Waals surface area contributed by atoms with Crippen LogP contribution in [0, 0.1) is 13.8 Å². The number of hydrogen-bond donors (Lipinski definition) is 0. The van der Waals surface area contributed by atoms with E-state index >= 15 is 0 Å². The van der Waals surface area contributed by atoms with Crippen LogP contribution < -0.4 is 9.80 Å². The first-order chi connectivity index (χ1) is 15.3. The van der Waals surface area contributed by atoms with Gasteiger partial charge in [-0.15, -0.1) is 0 Å². The molecule has 0 unspecified atom stereocenters. The van der Waals surface area contributed by atoms with Crippen LogP contribution in [0.4, 0.5) is 22.7 Å². The maximum atomic E-state index is 12.7. The summed E-state index contributed by atoms with van der Waals surface area (Å²) < 4.78 is 10.1. The molecule has 0 bridgehead atoms. The van der Waals surface area contributed by atoms with Gasteiger partial charge in [0, 0.05) is 25.5 Å². The number of nitrogens with zero attached hydrogens (tertiary/aromatic N) is 2. The number of anilines is 4. The molecule has 0 amide bonds. The Balaban J connectivity index is 2.21. The van der Waals surface area contributed by atoms with Gasteiger partial charge in [-0.2, -0.15) is 0 Å². The van der Waals surface area contributed by atoms with Crippen LogP contribution in [0.25, 0.3) is 0 Å². The standard InChI is InChI=1S/C26H28N2O4/c1-17-7-11-19(12-8-17)27(3)23-15-22(26(30)32-6)24(16-21(23)25(29)31-5)28(4)20-13-9-18(2)10-14-20/h7-16H,1-6H3. The van der Waals surface area contributed by atoms with Crippen LogP contribution in [-0.2, 0) is 9.47 Å². The maximum absolute atomic E-state index is 12.7. The summed E-state index contributed by atoms with van der Waals surface area (Å²) in [7, 11) is 6.37. The van der Waals surface area contributed by atoms with Crippen LogP contribution in [0.15, 0.2) is 60.7 Å². The lowest BCUT2D eigenvalue weighted by molar-refractivity contribution is 0.0588. The lowest BCUT2D eigenvalue weighted by atomic mass is 10.0. The van der Waals surface area contributed by atoms with E-state index in [1.165, 1.54) is 14.2 Å². The van der Waals surface area contributed by atoms with E-state index < -0.39 is 11.9 Å². The molecule has 166 valence electrons. The fourth-order valence-electron chi connectivity index (χ4n) is 3.49. The Morgan fingerprint density at radius 3 is 1.22 bits per heavy atom. The highest BCUT2D eigenvalue weighted by atomic mass is 16.5. The van der Waals surface area contributed by atoms with E-state index in [1.54, 1.807) is 12.1 Å². The molecule has 3 rings (SSSR count). The second kappa shape index (κ2) is 9.56. The van der Waals surface area contributed by atoms with Crippen molar-refractivity contribution in [2.75, 3.05) is 38.1 Å². The summed E-state index contributed by atoms with van der Waals surface area (Å²) in [5, 5.41) is 0. The Kier molecular flexibility index (Phi) is 6.83. The van der Waals surface area contributed by atoms with E-state index in [4.69, 9.17) is 9.47 Å². The fourth-order valence-corrected chi connectivity index (χ4v) is 3.49. The number of rotatable bonds is 6. The predicted molar refractivity (Wildman–Crippen MR) is 128 cm³/mol. The van der Waals surface area contributed by atoms with Crippen LogP contribution in [0.2, 0.25) is 0 Å². The van der Waals surface area contributed by atoms with E-state index in [2.05, 4.69) is 0 Å². The molecule has 0 spiro atoms. The van der Waals surface area contributed by atoms with Gasteiger partial charge in [-0.1, -0.05) is 35.4 Å². The molecule has 0 radical (unpaired) electrons. The van der Waals surface area contributed by atoms with Crippen molar-refractivity contribution in [2.24, 2.45) is 0 Å². The summed E-state index contributed by atoms with van der Waals surface area (Å²) in [5.74, 6) is -0.983. The SMILES string of the molecule is COC(=O)c1cc(N(C)c2ccc(C)cc2)c(C(=O)OC)cc1N(C)c1ccc(C)cc1. The topological polar surface area (TPSA) is 59.1 Å². The minimum Gasteiger partial charge on any atom is -0.465 e. The number of benzene rings is 3. The average molecular weight is 433 g/mol.